The second-order valence-corrected chi connectivity index (χ2v) is 5.07. The zero-order chi connectivity index (χ0) is 11.7. The summed E-state index contributed by atoms with van der Waals surface area (Å²) in [6.07, 6.45) is 0. The molecule has 0 amide bonds. The minimum atomic E-state index is -1.11. The Hall–Kier alpha value is -0.380. The zero-order valence-electron chi connectivity index (χ0n) is 7.54. The predicted octanol–water partition coefficient (Wildman–Crippen LogP) is 2.60. The summed E-state index contributed by atoms with van der Waals surface area (Å²) in [4.78, 5) is 21.8. The zero-order valence-corrected chi connectivity index (χ0v) is 11.9. The van der Waals surface area contributed by atoms with E-state index in [0.717, 1.165) is 0 Å². The maximum atomic E-state index is 11.0. The number of carbonyl (C=O) groups is 2. The van der Waals surface area contributed by atoms with Gasteiger partial charge in [-0.2, -0.15) is 0 Å². The summed E-state index contributed by atoms with van der Waals surface area (Å²) in [5.74, 6) is -2.21. The van der Waals surface area contributed by atoms with Crippen molar-refractivity contribution in [3.05, 3.63) is 29.9 Å². The molecule has 80 valence electrons. The van der Waals surface area contributed by atoms with E-state index in [4.69, 9.17) is 10.2 Å². The highest BCUT2D eigenvalue weighted by molar-refractivity contribution is 14.1. The Morgan fingerprint density at radius 1 is 1.20 bits per heavy atom. The van der Waals surface area contributed by atoms with Crippen molar-refractivity contribution in [2.45, 2.75) is 6.92 Å². The highest BCUT2D eigenvalue weighted by Gasteiger charge is 2.20. The molecule has 0 bridgehead atoms. The van der Waals surface area contributed by atoms with Crippen LogP contribution in [0.1, 0.15) is 26.3 Å². The third-order valence-electron chi connectivity index (χ3n) is 1.92. The van der Waals surface area contributed by atoms with Crippen LogP contribution in [0, 0.1) is 14.1 Å². The van der Waals surface area contributed by atoms with Gasteiger partial charge in [-0.05, 0) is 63.7 Å². The molecule has 0 heterocycles. The van der Waals surface area contributed by atoms with Crippen LogP contribution in [0.3, 0.4) is 0 Å². The Balaban J connectivity index is 3.63. The molecule has 0 unspecified atom stereocenters. The molecule has 0 aliphatic heterocycles. The first-order chi connectivity index (χ1) is 6.86. The van der Waals surface area contributed by atoms with Crippen molar-refractivity contribution in [3.8, 4) is 0 Å². The Morgan fingerprint density at radius 2 is 1.73 bits per heavy atom. The molecule has 0 aromatic heterocycles. The van der Waals surface area contributed by atoms with Crippen molar-refractivity contribution in [1.82, 2.24) is 0 Å². The van der Waals surface area contributed by atoms with Gasteiger partial charge in [0.05, 0.1) is 11.1 Å². The maximum absolute atomic E-state index is 11.0. The van der Waals surface area contributed by atoms with Gasteiger partial charge in [0.15, 0.2) is 0 Å². The van der Waals surface area contributed by atoms with Gasteiger partial charge in [-0.15, -0.1) is 0 Å². The molecule has 0 saturated heterocycles. The molecule has 0 saturated carbocycles. The molecule has 6 heteroatoms. The van der Waals surface area contributed by atoms with E-state index in [1.165, 1.54) is 13.0 Å². The number of halogens is 2. The molecule has 0 fully saturated rings. The molecule has 2 N–H and O–H groups in total. The van der Waals surface area contributed by atoms with E-state index >= 15 is 0 Å². The standard InChI is InChI=1S/C9H6I2O4/c1-3-4(8(12)13)2-5(10)7(11)6(3)9(14)15/h2H,1H3,(H,12,13)(H,14,15). The third-order valence-corrected chi connectivity index (χ3v) is 4.93. The van der Waals surface area contributed by atoms with Gasteiger partial charge in [0.1, 0.15) is 0 Å². The van der Waals surface area contributed by atoms with Crippen molar-refractivity contribution < 1.29 is 19.8 Å². The number of benzene rings is 1. The quantitative estimate of drug-likeness (QED) is 0.706. The van der Waals surface area contributed by atoms with Crippen LogP contribution in [-0.4, -0.2) is 22.2 Å². The summed E-state index contributed by atoms with van der Waals surface area (Å²) in [5, 5.41) is 17.9. The number of hydrogen-bond acceptors (Lipinski definition) is 2. The lowest BCUT2D eigenvalue weighted by molar-refractivity contribution is 0.0695. The summed E-state index contributed by atoms with van der Waals surface area (Å²) in [7, 11) is 0. The summed E-state index contributed by atoms with van der Waals surface area (Å²) in [5.41, 5.74) is 0.400. The minimum absolute atomic E-state index is 0.0391. The van der Waals surface area contributed by atoms with Crippen LogP contribution >= 0.6 is 45.2 Å². The monoisotopic (exact) mass is 432 g/mol. The van der Waals surface area contributed by atoms with Crippen LogP contribution < -0.4 is 0 Å². The Labute approximate surface area is 113 Å². The summed E-state index contributed by atoms with van der Waals surface area (Å²) in [6.45, 7) is 1.51. The molecule has 1 rings (SSSR count). The molecule has 15 heavy (non-hydrogen) atoms. The van der Waals surface area contributed by atoms with Crippen molar-refractivity contribution in [2.75, 3.05) is 0 Å². The molecule has 0 aliphatic carbocycles. The van der Waals surface area contributed by atoms with Crippen LogP contribution in [0.4, 0.5) is 0 Å². The minimum Gasteiger partial charge on any atom is -0.478 e. The second-order valence-electron chi connectivity index (χ2n) is 2.83. The Bertz CT molecular complexity index is 454. The van der Waals surface area contributed by atoms with E-state index in [0.29, 0.717) is 12.7 Å². The van der Waals surface area contributed by atoms with Crippen LogP contribution in [0.25, 0.3) is 0 Å². The van der Waals surface area contributed by atoms with Gasteiger partial charge in [0.25, 0.3) is 0 Å². The van der Waals surface area contributed by atoms with Crippen molar-refractivity contribution in [3.63, 3.8) is 0 Å². The van der Waals surface area contributed by atoms with Gasteiger partial charge < -0.3 is 10.2 Å². The largest absolute Gasteiger partial charge is 0.478 e. The van der Waals surface area contributed by atoms with Crippen LogP contribution in [0.2, 0.25) is 0 Å². The lowest BCUT2D eigenvalue weighted by Crippen LogP contribution is -2.10. The topological polar surface area (TPSA) is 74.6 Å². The smallest absolute Gasteiger partial charge is 0.337 e. The lowest BCUT2D eigenvalue weighted by atomic mass is 10.0. The maximum Gasteiger partial charge on any atom is 0.337 e. The lowest BCUT2D eigenvalue weighted by Gasteiger charge is -2.09. The van der Waals surface area contributed by atoms with Gasteiger partial charge >= 0.3 is 11.9 Å². The van der Waals surface area contributed by atoms with E-state index in [-0.39, 0.29) is 11.1 Å². The van der Waals surface area contributed by atoms with Gasteiger partial charge in [-0.1, -0.05) is 0 Å². The van der Waals surface area contributed by atoms with Crippen molar-refractivity contribution >= 4 is 57.1 Å². The molecule has 4 nitrogen and oxygen atoms in total. The van der Waals surface area contributed by atoms with E-state index in [1.807, 2.05) is 45.2 Å². The third kappa shape index (κ3) is 2.41. The van der Waals surface area contributed by atoms with Crippen LogP contribution in [0.15, 0.2) is 6.07 Å². The molecule has 0 atom stereocenters. The number of carboxylic acid groups (broad SMARTS) is 2. The van der Waals surface area contributed by atoms with Gasteiger partial charge in [0, 0.05) is 7.14 Å². The van der Waals surface area contributed by atoms with Gasteiger partial charge in [0.2, 0.25) is 0 Å². The number of carboxylic acids is 2. The Morgan fingerprint density at radius 3 is 2.13 bits per heavy atom. The van der Waals surface area contributed by atoms with Crippen molar-refractivity contribution in [1.29, 1.82) is 0 Å². The first-order valence-corrected chi connectivity index (χ1v) is 5.97. The van der Waals surface area contributed by atoms with Crippen LogP contribution in [-0.2, 0) is 0 Å². The average molecular weight is 432 g/mol. The summed E-state index contributed by atoms with van der Waals surface area (Å²) >= 11 is 3.83. The SMILES string of the molecule is Cc1c(C(=O)O)cc(I)c(I)c1C(=O)O. The van der Waals surface area contributed by atoms with Crippen LogP contribution in [0.5, 0.6) is 0 Å². The fourth-order valence-electron chi connectivity index (χ4n) is 1.19. The van der Waals surface area contributed by atoms with E-state index in [1.54, 1.807) is 0 Å². The second kappa shape index (κ2) is 4.64. The molecule has 0 aliphatic rings. The molecular formula is C9H6I2O4. The molecule has 1 aromatic carbocycles. The number of hydrogen-bond donors (Lipinski definition) is 2. The molecular weight excluding hydrogens is 426 g/mol. The fraction of sp³-hybridized carbons (Fsp3) is 0.111. The van der Waals surface area contributed by atoms with E-state index in [9.17, 15) is 9.59 Å². The fourth-order valence-corrected chi connectivity index (χ4v) is 2.57. The molecule has 0 radical (unpaired) electrons. The summed E-state index contributed by atoms with van der Waals surface area (Å²) < 4.78 is 1.21. The number of rotatable bonds is 2. The van der Waals surface area contributed by atoms with E-state index in [2.05, 4.69) is 0 Å². The Kier molecular flexibility index (Phi) is 3.93. The average Bonchev–Trinajstić information content (AvgIpc) is 2.10. The summed E-state index contributed by atoms with van der Waals surface area (Å²) in [6, 6.07) is 1.48. The number of aromatic carboxylic acids is 2. The molecule has 0 spiro atoms. The highest BCUT2D eigenvalue weighted by atomic mass is 127. The van der Waals surface area contributed by atoms with Gasteiger partial charge in [-0.3, -0.25) is 0 Å². The predicted molar refractivity (Wildman–Crippen MR) is 70.5 cm³/mol. The normalized spacial score (nSPS) is 10.1. The van der Waals surface area contributed by atoms with Gasteiger partial charge in [-0.25, -0.2) is 9.59 Å². The highest BCUT2D eigenvalue weighted by Crippen LogP contribution is 2.26. The molecule has 1 aromatic rings. The first-order valence-electron chi connectivity index (χ1n) is 3.81. The van der Waals surface area contributed by atoms with Crippen molar-refractivity contribution in [2.24, 2.45) is 0 Å². The first kappa shape index (κ1) is 12.7. The van der Waals surface area contributed by atoms with E-state index < -0.39 is 11.9 Å².